The molecule has 0 radical (unpaired) electrons. The molecule has 0 N–H and O–H groups in total. The molecule has 1 rings (SSSR count). The van der Waals surface area contributed by atoms with E-state index < -0.39 is 8.24 Å². The third-order valence-corrected chi connectivity index (χ3v) is 12.7. The van der Waals surface area contributed by atoms with Crippen molar-refractivity contribution in [3.8, 4) is 0 Å². The van der Waals surface area contributed by atoms with E-state index in [1.165, 1.54) is 32.1 Å². The molecule has 1 aliphatic carbocycles. The van der Waals surface area contributed by atoms with Crippen molar-refractivity contribution < 1.29 is 0 Å². The summed E-state index contributed by atoms with van der Waals surface area (Å²) < 4.78 is 2.97. The molecule has 0 spiro atoms. The third kappa shape index (κ3) is 3.39. The van der Waals surface area contributed by atoms with Gasteiger partial charge >= 0.3 is 0 Å². The molecule has 1 fully saturated rings. The van der Waals surface area contributed by atoms with Gasteiger partial charge in [0.2, 0.25) is 0 Å². The molecule has 0 heterocycles. The van der Waals surface area contributed by atoms with Crippen molar-refractivity contribution in [2.75, 3.05) is 6.54 Å². The molecule has 0 unspecified atom stereocenters. The predicted octanol–water partition coefficient (Wildman–Crippen LogP) is 5.98. The molecular formula is C18H37NSi. The van der Waals surface area contributed by atoms with Crippen LogP contribution < -0.4 is 0 Å². The highest BCUT2D eigenvalue weighted by Crippen LogP contribution is 2.46. The van der Waals surface area contributed by atoms with Gasteiger partial charge < -0.3 is 4.57 Å². The largest absolute Gasteiger partial charge is 0.317 e. The molecule has 0 aromatic rings. The lowest BCUT2D eigenvalue weighted by Crippen LogP contribution is -2.63. The van der Waals surface area contributed by atoms with Crippen molar-refractivity contribution >= 4 is 8.24 Å². The summed E-state index contributed by atoms with van der Waals surface area (Å²) in [7, 11) is -1.50. The molecule has 118 valence electrons. The zero-order valence-corrected chi connectivity index (χ0v) is 15.8. The van der Waals surface area contributed by atoms with E-state index in [0.717, 1.165) is 29.2 Å². The molecular weight excluding hydrogens is 258 g/mol. The summed E-state index contributed by atoms with van der Waals surface area (Å²) in [5.74, 6) is 0. The van der Waals surface area contributed by atoms with Crippen molar-refractivity contribution in [2.45, 2.75) is 96.3 Å². The number of hydrogen-bond donors (Lipinski definition) is 0. The minimum atomic E-state index is -1.50. The summed E-state index contributed by atoms with van der Waals surface area (Å²) in [6.07, 6.45) is 9.28. The quantitative estimate of drug-likeness (QED) is 0.412. The normalized spacial score (nSPS) is 18.5. The maximum Gasteiger partial charge on any atom is 0.136 e. The fourth-order valence-corrected chi connectivity index (χ4v) is 12.5. The first-order chi connectivity index (χ1) is 9.38. The zero-order valence-electron chi connectivity index (χ0n) is 14.8. The van der Waals surface area contributed by atoms with Gasteiger partial charge in [-0.15, -0.1) is 6.58 Å². The van der Waals surface area contributed by atoms with E-state index in [4.69, 9.17) is 0 Å². The smallest absolute Gasteiger partial charge is 0.136 e. The maximum atomic E-state index is 4.07. The Kier molecular flexibility index (Phi) is 7.00. The Morgan fingerprint density at radius 2 is 1.40 bits per heavy atom. The summed E-state index contributed by atoms with van der Waals surface area (Å²) in [6, 6.07) is 0.820. The van der Waals surface area contributed by atoms with E-state index in [1.54, 1.807) is 0 Å². The first kappa shape index (κ1) is 18.0. The van der Waals surface area contributed by atoms with E-state index in [-0.39, 0.29) is 0 Å². The molecule has 1 nitrogen and oxygen atoms in total. The van der Waals surface area contributed by atoms with Gasteiger partial charge in [-0.3, -0.25) is 0 Å². The Balaban J connectivity index is 3.18. The fourth-order valence-electron chi connectivity index (χ4n) is 5.15. The second-order valence-corrected chi connectivity index (χ2v) is 13.4. The van der Waals surface area contributed by atoms with Gasteiger partial charge in [0.1, 0.15) is 8.24 Å². The lowest BCUT2D eigenvalue weighted by molar-refractivity contribution is 0.249. The Morgan fingerprint density at radius 1 is 0.950 bits per heavy atom. The van der Waals surface area contributed by atoms with Gasteiger partial charge in [0.15, 0.2) is 0 Å². The highest BCUT2D eigenvalue weighted by atomic mass is 28.3. The molecule has 0 aromatic heterocycles. The lowest BCUT2D eigenvalue weighted by Gasteiger charge is -2.54. The van der Waals surface area contributed by atoms with Crippen LogP contribution >= 0.6 is 0 Å². The predicted molar refractivity (Wildman–Crippen MR) is 94.8 cm³/mol. The Morgan fingerprint density at radius 3 is 1.75 bits per heavy atom. The Labute approximate surface area is 128 Å². The maximum absolute atomic E-state index is 4.07. The molecule has 0 aromatic carbocycles. The van der Waals surface area contributed by atoms with Crippen LogP contribution in [0.2, 0.25) is 16.6 Å². The standard InChI is InChI=1S/C18H37NSi/c1-8-14-19(18-12-10-9-11-13-18)20(15(2)3,16(4)5)17(6)7/h8,15-18H,1,9-14H2,2-7H3. The molecule has 0 saturated heterocycles. The first-order valence-corrected chi connectivity index (χ1v) is 10.9. The van der Waals surface area contributed by atoms with Crippen LogP contribution in [0.3, 0.4) is 0 Å². The SMILES string of the molecule is C=CCN(C1CCCCC1)[Si](C(C)C)(C(C)C)C(C)C. The lowest BCUT2D eigenvalue weighted by atomic mass is 9.95. The van der Waals surface area contributed by atoms with Gasteiger partial charge in [0, 0.05) is 12.6 Å². The van der Waals surface area contributed by atoms with Crippen LogP contribution in [0.4, 0.5) is 0 Å². The van der Waals surface area contributed by atoms with Crippen LogP contribution in [-0.4, -0.2) is 25.4 Å². The average molecular weight is 296 g/mol. The second kappa shape index (κ2) is 7.79. The topological polar surface area (TPSA) is 3.24 Å². The van der Waals surface area contributed by atoms with Crippen LogP contribution in [0.25, 0.3) is 0 Å². The van der Waals surface area contributed by atoms with E-state index in [2.05, 4.69) is 58.8 Å². The van der Waals surface area contributed by atoms with Gasteiger partial charge in [0.25, 0.3) is 0 Å². The van der Waals surface area contributed by atoms with Gasteiger partial charge in [-0.25, -0.2) is 0 Å². The highest BCUT2D eigenvalue weighted by molar-refractivity contribution is 6.81. The van der Waals surface area contributed by atoms with Crippen LogP contribution in [0.5, 0.6) is 0 Å². The average Bonchev–Trinajstić information content (AvgIpc) is 2.38. The summed E-state index contributed by atoms with van der Waals surface area (Å²) in [6.45, 7) is 20.0. The summed E-state index contributed by atoms with van der Waals surface area (Å²) in [4.78, 5) is 0. The van der Waals surface area contributed by atoms with E-state index in [1.807, 2.05) is 0 Å². The molecule has 0 bridgehead atoms. The minimum absolute atomic E-state index is 0.810. The van der Waals surface area contributed by atoms with E-state index in [9.17, 15) is 0 Å². The van der Waals surface area contributed by atoms with Crippen LogP contribution in [-0.2, 0) is 0 Å². The molecule has 20 heavy (non-hydrogen) atoms. The van der Waals surface area contributed by atoms with Gasteiger partial charge in [0.05, 0.1) is 0 Å². The molecule has 0 aliphatic heterocycles. The first-order valence-electron chi connectivity index (χ1n) is 8.76. The van der Waals surface area contributed by atoms with Crippen molar-refractivity contribution in [3.63, 3.8) is 0 Å². The molecule has 2 heteroatoms. The van der Waals surface area contributed by atoms with Gasteiger partial charge in [-0.05, 0) is 29.5 Å². The zero-order chi connectivity index (χ0) is 15.3. The Hall–Kier alpha value is -0.0831. The summed E-state index contributed by atoms with van der Waals surface area (Å²) in [5.41, 5.74) is 2.43. The van der Waals surface area contributed by atoms with Crippen LogP contribution in [0, 0.1) is 0 Å². The van der Waals surface area contributed by atoms with Gasteiger partial charge in [-0.1, -0.05) is 66.9 Å². The van der Waals surface area contributed by atoms with Gasteiger partial charge in [-0.2, -0.15) is 0 Å². The van der Waals surface area contributed by atoms with Crippen molar-refractivity contribution in [1.82, 2.24) is 4.57 Å². The van der Waals surface area contributed by atoms with Crippen LogP contribution in [0.15, 0.2) is 12.7 Å². The van der Waals surface area contributed by atoms with Crippen molar-refractivity contribution in [3.05, 3.63) is 12.7 Å². The van der Waals surface area contributed by atoms with E-state index in [0.29, 0.717) is 0 Å². The molecule has 1 saturated carbocycles. The van der Waals surface area contributed by atoms with Crippen molar-refractivity contribution in [1.29, 1.82) is 0 Å². The van der Waals surface area contributed by atoms with Crippen LogP contribution in [0.1, 0.15) is 73.6 Å². The summed E-state index contributed by atoms with van der Waals surface area (Å²) >= 11 is 0. The Bertz CT molecular complexity index is 268. The number of hydrogen-bond acceptors (Lipinski definition) is 1. The van der Waals surface area contributed by atoms with Crippen molar-refractivity contribution in [2.24, 2.45) is 0 Å². The highest BCUT2D eigenvalue weighted by Gasteiger charge is 2.49. The third-order valence-electron chi connectivity index (χ3n) is 5.61. The molecule has 0 amide bonds. The summed E-state index contributed by atoms with van der Waals surface area (Å²) in [5, 5.41) is 0. The fraction of sp³-hybridized carbons (Fsp3) is 0.889. The number of rotatable bonds is 7. The van der Waals surface area contributed by atoms with E-state index >= 15 is 0 Å². The monoisotopic (exact) mass is 295 g/mol. The minimum Gasteiger partial charge on any atom is -0.317 e. The molecule has 0 atom stereocenters. The molecule has 1 aliphatic rings. The second-order valence-electron chi connectivity index (χ2n) is 7.58. The number of nitrogens with zero attached hydrogens (tertiary/aromatic N) is 1.